The number of benzene rings is 3. The van der Waals surface area contributed by atoms with Gasteiger partial charge in [-0.25, -0.2) is 13.1 Å². The van der Waals surface area contributed by atoms with Crippen LogP contribution in [0.15, 0.2) is 95.9 Å². The van der Waals surface area contributed by atoms with Crippen LogP contribution in [0.4, 0.5) is 5.69 Å². The molecule has 0 saturated heterocycles. The Morgan fingerprint density at radius 2 is 1.50 bits per heavy atom. The van der Waals surface area contributed by atoms with Gasteiger partial charge >= 0.3 is 0 Å². The molecule has 3 aromatic carbocycles. The highest BCUT2D eigenvalue weighted by atomic mass is 32.2. The average molecular weight is 421 g/mol. The van der Waals surface area contributed by atoms with E-state index in [0.717, 1.165) is 11.1 Å². The first-order valence-corrected chi connectivity index (χ1v) is 11.1. The van der Waals surface area contributed by atoms with Crippen molar-refractivity contribution < 1.29 is 13.2 Å². The minimum absolute atomic E-state index is 0.0384. The first kappa shape index (κ1) is 21.5. The van der Waals surface area contributed by atoms with Crippen molar-refractivity contribution in [2.75, 3.05) is 5.32 Å². The van der Waals surface area contributed by atoms with Crippen LogP contribution in [0.3, 0.4) is 0 Å². The average Bonchev–Trinajstić information content (AvgIpc) is 2.73. The summed E-state index contributed by atoms with van der Waals surface area (Å²) >= 11 is 0. The summed E-state index contributed by atoms with van der Waals surface area (Å²) in [6.45, 7) is 1.89. The van der Waals surface area contributed by atoms with Crippen LogP contribution in [0.5, 0.6) is 0 Å². The number of hydrogen-bond acceptors (Lipinski definition) is 3. The van der Waals surface area contributed by atoms with Crippen molar-refractivity contribution in [3.63, 3.8) is 0 Å². The number of carbonyl (C=O) groups is 1. The Labute approximate surface area is 177 Å². The molecule has 0 bridgehead atoms. The van der Waals surface area contributed by atoms with E-state index in [9.17, 15) is 13.2 Å². The van der Waals surface area contributed by atoms with Gasteiger partial charge in [-0.3, -0.25) is 4.79 Å². The topological polar surface area (TPSA) is 75.3 Å². The van der Waals surface area contributed by atoms with Gasteiger partial charge in [-0.05, 0) is 36.8 Å². The molecule has 0 aromatic heterocycles. The number of para-hydroxylation sites is 1. The summed E-state index contributed by atoms with van der Waals surface area (Å²) in [6.07, 6.45) is 3.47. The number of hydrogen-bond donors (Lipinski definition) is 2. The van der Waals surface area contributed by atoms with Gasteiger partial charge in [-0.15, -0.1) is 0 Å². The highest BCUT2D eigenvalue weighted by molar-refractivity contribution is 7.89. The van der Waals surface area contributed by atoms with Crippen LogP contribution in [0.25, 0.3) is 6.08 Å². The van der Waals surface area contributed by atoms with Crippen molar-refractivity contribution in [3.05, 3.63) is 102 Å². The first-order chi connectivity index (χ1) is 14.4. The van der Waals surface area contributed by atoms with E-state index in [4.69, 9.17) is 0 Å². The molecule has 0 saturated carbocycles. The van der Waals surface area contributed by atoms with Gasteiger partial charge in [0.25, 0.3) is 0 Å². The van der Waals surface area contributed by atoms with Gasteiger partial charge < -0.3 is 5.32 Å². The normalized spacial score (nSPS) is 12.6. The zero-order valence-electron chi connectivity index (χ0n) is 16.7. The lowest BCUT2D eigenvalue weighted by Gasteiger charge is -2.16. The molecule has 6 heteroatoms. The Balaban J connectivity index is 1.78. The second-order valence-corrected chi connectivity index (χ2v) is 8.64. The van der Waals surface area contributed by atoms with E-state index in [-0.39, 0.29) is 17.2 Å². The summed E-state index contributed by atoms with van der Waals surface area (Å²) in [5.41, 5.74) is 2.55. The fourth-order valence-corrected chi connectivity index (χ4v) is 4.05. The Kier molecular flexibility index (Phi) is 7.17. The third kappa shape index (κ3) is 6.40. The lowest BCUT2D eigenvalue weighted by atomic mass is 10.1. The summed E-state index contributed by atoms with van der Waals surface area (Å²) in [4.78, 5) is 12.7. The monoisotopic (exact) mass is 420 g/mol. The lowest BCUT2D eigenvalue weighted by molar-refractivity contribution is -0.116. The van der Waals surface area contributed by atoms with Crippen LogP contribution in [-0.4, -0.2) is 20.4 Å². The highest BCUT2D eigenvalue weighted by Gasteiger charge is 2.20. The van der Waals surface area contributed by atoms with Crippen LogP contribution in [-0.2, 0) is 14.8 Å². The second-order valence-electron chi connectivity index (χ2n) is 6.93. The molecule has 3 aromatic rings. The van der Waals surface area contributed by atoms with E-state index >= 15 is 0 Å². The number of nitrogens with one attached hydrogen (secondary N) is 2. The van der Waals surface area contributed by atoms with Gasteiger partial charge in [0.05, 0.1) is 4.90 Å². The van der Waals surface area contributed by atoms with Gasteiger partial charge in [0.1, 0.15) is 0 Å². The maximum absolute atomic E-state index is 12.8. The highest BCUT2D eigenvalue weighted by Crippen LogP contribution is 2.14. The maximum atomic E-state index is 12.8. The molecule has 1 amide bonds. The summed E-state index contributed by atoms with van der Waals surface area (Å²) in [5, 5.41) is 2.80. The summed E-state index contributed by atoms with van der Waals surface area (Å²) in [6, 6.07) is 24.5. The number of anilines is 1. The molecule has 2 N–H and O–H groups in total. The predicted octanol–water partition coefficient (Wildman–Crippen LogP) is 4.38. The van der Waals surface area contributed by atoms with E-state index in [0.29, 0.717) is 5.69 Å². The van der Waals surface area contributed by atoms with Crippen LogP contribution in [0.2, 0.25) is 0 Å². The van der Waals surface area contributed by atoms with Crippen LogP contribution < -0.4 is 10.0 Å². The molecule has 1 unspecified atom stereocenters. The first-order valence-electron chi connectivity index (χ1n) is 9.59. The molecule has 0 heterocycles. The van der Waals surface area contributed by atoms with E-state index < -0.39 is 16.1 Å². The minimum atomic E-state index is -3.78. The third-order valence-corrected chi connectivity index (χ3v) is 5.93. The van der Waals surface area contributed by atoms with Crippen LogP contribution >= 0.6 is 0 Å². The zero-order valence-corrected chi connectivity index (χ0v) is 17.5. The second kappa shape index (κ2) is 10.0. The van der Waals surface area contributed by atoms with E-state index in [2.05, 4.69) is 10.0 Å². The number of amides is 1. The molecule has 0 aliphatic rings. The molecular formula is C24H24N2O3S. The molecule has 3 rings (SSSR count). The molecule has 0 aliphatic heterocycles. The van der Waals surface area contributed by atoms with E-state index in [1.807, 2.05) is 55.5 Å². The Hall–Kier alpha value is -3.22. The molecule has 5 nitrogen and oxygen atoms in total. The SMILES string of the molecule is Cc1ccc(S(=O)(=O)NC(/C=C/c2ccccc2)CC(=O)Nc2ccccc2)cc1. The molecule has 154 valence electrons. The molecule has 0 spiro atoms. The number of carbonyl (C=O) groups excluding carboxylic acids is 1. The summed E-state index contributed by atoms with van der Waals surface area (Å²) in [7, 11) is -3.78. The molecular weight excluding hydrogens is 396 g/mol. The lowest BCUT2D eigenvalue weighted by Crippen LogP contribution is -2.36. The summed E-state index contributed by atoms with van der Waals surface area (Å²) in [5.74, 6) is -0.282. The molecule has 0 radical (unpaired) electrons. The fraction of sp³-hybridized carbons (Fsp3) is 0.125. The number of rotatable bonds is 8. The zero-order chi connectivity index (χ0) is 21.4. The van der Waals surface area contributed by atoms with Gasteiger partial charge in [-0.2, -0.15) is 0 Å². The van der Waals surface area contributed by atoms with E-state index in [1.54, 1.807) is 48.6 Å². The molecule has 30 heavy (non-hydrogen) atoms. The van der Waals surface area contributed by atoms with Crippen molar-refractivity contribution in [1.29, 1.82) is 0 Å². The molecule has 0 fully saturated rings. The van der Waals surface area contributed by atoms with Crippen molar-refractivity contribution >= 4 is 27.7 Å². The largest absolute Gasteiger partial charge is 0.326 e. The van der Waals surface area contributed by atoms with Gasteiger partial charge in [0.15, 0.2) is 0 Å². The van der Waals surface area contributed by atoms with E-state index in [1.165, 1.54) is 0 Å². The van der Waals surface area contributed by atoms with Crippen molar-refractivity contribution in [2.45, 2.75) is 24.3 Å². The van der Waals surface area contributed by atoms with Crippen LogP contribution in [0.1, 0.15) is 17.5 Å². The third-order valence-electron chi connectivity index (χ3n) is 4.42. The van der Waals surface area contributed by atoms with Crippen molar-refractivity contribution in [1.82, 2.24) is 4.72 Å². The van der Waals surface area contributed by atoms with Crippen molar-refractivity contribution in [2.24, 2.45) is 0 Å². The Morgan fingerprint density at radius 3 is 2.13 bits per heavy atom. The Morgan fingerprint density at radius 1 is 0.900 bits per heavy atom. The number of sulfonamides is 1. The minimum Gasteiger partial charge on any atom is -0.326 e. The fourth-order valence-electron chi connectivity index (χ4n) is 2.86. The van der Waals surface area contributed by atoms with Gasteiger partial charge in [0.2, 0.25) is 15.9 Å². The quantitative estimate of drug-likeness (QED) is 0.568. The van der Waals surface area contributed by atoms with Gasteiger partial charge in [-0.1, -0.05) is 78.4 Å². The Bertz CT molecular complexity index is 1090. The summed E-state index contributed by atoms with van der Waals surface area (Å²) < 4.78 is 28.3. The van der Waals surface area contributed by atoms with Crippen molar-refractivity contribution in [3.8, 4) is 0 Å². The maximum Gasteiger partial charge on any atom is 0.241 e. The molecule has 0 aliphatic carbocycles. The standard InChI is InChI=1S/C24H24N2O3S/c1-19-12-16-23(17-13-19)30(28,29)26-22(15-14-20-8-4-2-5-9-20)18-24(27)25-21-10-6-3-7-11-21/h2-17,22,26H,18H2,1H3,(H,25,27)/b15-14+. The van der Waals surface area contributed by atoms with Crippen LogP contribution in [0, 0.1) is 6.92 Å². The van der Waals surface area contributed by atoms with Gasteiger partial charge in [0, 0.05) is 18.2 Å². The smallest absolute Gasteiger partial charge is 0.241 e. The number of aryl methyl sites for hydroxylation is 1. The predicted molar refractivity (Wildman–Crippen MR) is 120 cm³/mol. The molecule has 1 atom stereocenters.